The van der Waals surface area contributed by atoms with Gasteiger partial charge in [-0.2, -0.15) is 0 Å². The van der Waals surface area contributed by atoms with E-state index in [4.69, 9.17) is 11.6 Å². The van der Waals surface area contributed by atoms with Crippen LogP contribution in [-0.2, 0) is 6.54 Å². The lowest BCUT2D eigenvalue weighted by Gasteiger charge is -2.05. The maximum absolute atomic E-state index is 11.7. The maximum Gasteiger partial charge on any atom is 0.269 e. The van der Waals surface area contributed by atoms with Crippen molar-refractivity contribution in [1.29, 1.82) is 0 Å². The minimum atomic E-state index is -0.205. The molecule has 0 radical (unpaired) electrons. The summed E-state index contributed by atoms with van der Waals surface area (Å²) < 4.78 is 1.96. The molecule has 0 aliphatic rings. The van der Waals surface area contributed by atoms with Gasteiger partial charge in [0.1, 0.15) is 5.69 Å². The number of imidazole rings is 1. The van der Waals surface area contributed by atoms with Crippen molar-refractivity contribution in [2.75, 3.05) is 6.54 Å². The number of nitrogens with zero attached hydrogens (tertiary/aromatic N) is 3. The number of rotatable bonds is 5. The standard InChI is InChI=1S/C12H13ClN4O/c13-10-2-4-15-11(8-10)12(18)16-3-1-6-17-7-5-14-9-17/h2,4-5,7-9H,1,3,6H2,(H,16,18). The highest BCUT2D eigenvalue weighted by Gasteiger charge is 2.06. The number of carbonyl (C=O) groups excluding carboxylic acids is 1. The Kier molecular flexibility index (Phi) is 4.30. The fraction of sp³-hybridized carbons (Fsp3) is 0.250. The van der Waals surface area contributed by atoms with Gasteiger partial charge in [-0.25, -0.2) is 4.98 Å². The molecule has 0 saturated heterocycles. The summed E-state index contributed by atoms with van der Waals surface area (Å²) in [6.45, 7) is 1.41. The van der Waals surface area contributed by atoms with Gasteiger partial charge in [-0.15, -0.1) is 0 Å². The number of hydrogen-bond acceptors (Lipinski definition) is 3. The van der Waals surface area contributed by atoms with Crippen LogP contribution in [0.25, 0.3) is 0 Å². The zero-order valence-corrected chi connectivity index (χ0v) is 10.5. The van der Waals surface area contributed by atoms with E-state index >= 15 is 0 Å². The molecular formula is C12H13ClN4O. The van der Waals surface area contributed by atoms with Crippen molar-refractivity contribution < 1.29 is 4.79 Å². The van der Waals surface area contributed by atoms with Crippen molar-refractivity contribution in [3.8, 4) is 0 Å². The number of aryl methyl sites for hydroxylation is 1. The van der Waals surface area contributed by atoms with E-state index in [1.807, 2.05) is 10.8 Å². The zero-order chi connectivity index (χ0) is 12.8. The average molecular weight is 265 g/mol. The molecule has 0 bridgehead atoms. The van der Waals surface area contributed by atoms with Crippen molar-refractivity contribution in [3.05, 3.63) is 47.8 Å². The highest BCUT2D eigenvalue weighted by molar-refractivity contribution is 6.30. The first kappa shape index (κ1) is 12.6. The van der Waals surface area contributed by atoms with Crippen LogP contribution in [0.15, 0.2) is 37.1 Å². The van der Waals surface area contributed by atoms with Crippen LogP contribution in [0, 0.1) is 0 Å². The second-order valence-electron chi connectivity index (χ2n) is 3.77. The maximum atomic E-state index is 11.7. The summed E-state index contributed by atoms with van der Waals surface area (Å²) in [5.74, 6) is -0.205. The molecule has 2 aromatic heterocycles. The van der Waals surface area contributed by atoms with Crippen LogP contribution in [0.1, 0.15) is 16.9 Å². The van der Waals surface area contributed by atoms with Crippen molar-refractivity contribution in [2.24, 2.45) is 0 Å². The van der Waals surface area contributed by atoms with E-state index in [1.54, 1.807) is 24.7 Å². The number of aromatic nitrogens is 3. The molecule has 0 aliphatic carbocycles. The number of nitrogens with one attached hydrogen (secondary N) is 1. The minimum absolute atomic E-state index is 0.205. The molecule has 94 valence electrons. The number of halogens is 1. The summed E-state index contributed by atoms with van der Waals surface area (Å²) >= 11 is 5.79. The SMILES string of the molecule is O=C(NCCCn1ccnc1)c1cc(Cl)ccn1. The lowest BCUT2D eigenvalue weighted by Crippen LogP contribution is -2.26. The molecule has 1 amide bonds. The molecule has 2 rings (SSSR count). The van der Waals surface area contributed by atoms with E-state index in [-0.39, 0.29) is 5.91 Å². The topological polar surface area (TPSA) is 59.8 Å². The first-order chi connectivity index (χ1) is 8.75. The quantitative estimate of drug-likeness (QED) is 0.837. The summed E-state index contributed by atoms with van der Waals surface area (Å²) in [7, 11) is 0. The molecule has 0 saturated carbocycles. The third-order valence-electron chi connectivity index (χ3n) is 2.39. The summed E-state index contributed by atoms with van der Waals surface area (Å²) in [4.78, 5) is 19.6. The smallest absolute Gasteiger partial charge is 0.269 e. The van der Waals surface area contributed by atoms with Crippen LogP contribution < -0.4 is 5.32 Å². The van der Waals surface area contributed by atoms with Gasteiger partial charge in [0.25, 0.3) is 5.91 Å². The molecule has 1 N–H and O–H groups in total. The number of amides is 1. The van der Waals surface area contributed by atoms with E-state index in [2.05, 4.69) is 15.3 Å². The molecule has 18 heavy (non-hydrogen) atoms. The predicted molar refractivity (Wildman–Crippen MR) is 68.4 cm³/mol. The molecule has 0 spiro atoms. The van der Waals surface area contributed by atoms with Gasteiger partial charge in [-0.05, 0) is 18.6 Å². The molecule has 5 nitrogen and oxygen atoms in total. The van der Waals surface area contributed by atoms with Gasteiger partial charge < -0.3 is 9.88 Å². The molecular weight excluding hydrogens is 252 g/mol. The van der Waals surface area contributed by atoms with Crippen molar-refractivity contribution in [3.63, 3.8) is 0 Å². The first-order valence-corrected chi connectivity index (χ1v) is 5.99. The Morgan fingerprint density at radius 2 is 2.33 bits per heavy atom. The van der Waals surface area contributed by atoms with E-state index in [9.17, 15) is 4.79 Å². The Bertz CT molecular complexity index is 513. The average Bonchev–Trinajstić information content (AvgIpc) is 2.87. The second-order valence-corrected chi connectivity index (χ2v) is 4.21. The number of carbonyl (C=O) groups is 1. The van der Waals surface area contributed by atoms with Gasteiger partial charge in [0.2, 0.25) is 0 Å². The van der Waals surface area contributed by atoms with Crippen molar-refractivity contribution >= 4 is 17.5 Å². The monoisotopic (exact) mass is 264 g/mol. The van der Waals surface area contributed by atoms with E-state index in [1.165, 1.54) is 6.20 Å². The zero-order valence-electron chi connectivity index (χ0n) is 9.71. The second kappa shape index (κ2) is 6.16. The highest BCUT2D eigenvalue weighted by Crippen LogP contribution is 2.07. The molecule has 2 aromatic rings. The Labute approximate surface area is 110 Å². The molecule has 0 aromatic carbocycles. The summed E-state index contributed by atoms with van der Waals surface area (Å²) in [5, 5.41) is 3.30. The van der Waals surface area contributed by atoms with Gasteiger partial charge in [-0.3, -0.25) is 9.78 Å². The summed E-state index contributed by atoms with van der Waals surface area (Å²) in [5.41, 5.74) is 0.338. The summed E-state index contributed by atoms with van der Waals surface area (Å²) in [6, 6.07) is 3.18. The van der Waals surface area contributed by atoms with Gasteiger partial charge in [0, 0.05) is 36.7 Å². The van der Waals surface area contributed by atoms with Gasteiger partial charge in [-0.1, -0.05) is 11.6 Å². The van der Waals surface area contributed by atoms with Gasteiger partial charge >= 0.3 is 0 Å². The predicted octanol–water partition coefficient (Wildman–Crippen LogP) is 1.75. The first-order valence-electron chi connectivity index (χ1n) is 5.61. The highest BCUT2D eigenvalue weighted by atomic mass is 35.5. The summed E-state index contributed by atoms with van der Waals surface area (Å²) in [6.07, 6.45) is 7.72. The van der Waals surface area contributed by atoms with Gasteiger partial charge in [0.15, 0.2) is 0 Å². The molecule has 0 unspecified atom stereocenters. The van der Waals surface area contributed by atoms with E-state index in [0.717, 1.165) is 13.0 Å². The molecule has 0 atom stereocenters. The molecule has 2 heterocycles. The minimum Gasteiger partial charge on any atom is -0.351 e. The number of hydrogen-bond donors (Lipinski definition) is 1. The third-order valence-corrected chi connectivity index (χ3v) is 2.63. The Morgan fingerprint density at radius 1 is 1.44 bits per heavy atom. The molecule has 0 fully saturated rings. The van der Waals surface area contributed by atoms with Crippen LogP contribution in [-0.4, -0.2) is 27.0 Å². The molecule has 0 aliphatic heterocycles. The molecule has 6 heteroatoms. The van der Waals surface area contributed by atoms with Crippen LogP contribution in [0.2, 0.25) is 5.02 Å². The largest absolute Gasteiger partial charge is 0.351 e. The fourth-order valence-corrected chi connectivity index (χ4v) is 1.66. The van der Waals surface area contributed by atoms with Crippen molar-refractivity contribution in [2.45, 2.75) is 13.0 Å². The Balaban J connectivity index is 1.75. The number of pyridine rings is 1. The lowest BCUT2D eigenvalue weighted by molar-refractivity contribution is 0.0948. The Morgan fingerprint density at radius 3 is 3.06 bits per heavy atom. The van der Waals surface area contributed by atoms with Crippen LogP contribution in [0.3, 0.4) is 0 Å². The fourth-order valence-electron chi connectivity index (χ4n) is 1.50. The Hall–Kier alpha value is -1.88. The van der Waals surface area contributed by atoms with Crippen LogP contribution >= 0.6 is 11.6 Å². The third kappa shape index (κ3) is 3.56. The van der Waals surface area contributed by atoms with Crippen molar-refractivity contribution in [1.82, 2.24) is 19.9 Å². The normalized spacial score (nSPS) is 10.3. The van der Waals surface area contributed by atoms with E-state index < -0.39 is 0 Å². The van der Waals surface area contributed by atoms with Crippen LogP contribution in [0.4, 0.5) is 0 Å². The van der Waals surface area contributed by atoms with Gasteiger partial charge in [0.05, 0.1) is 6.33 Å². The van der Waals surface area contributed by atoms with Crippen LogP contribution in [0.5, 0.6) is 0 Å². The lowest BCUT2D eigenvalue weighted by atomic mass is 10.3. The van der Waals surface area contributed by atoms with E-state index in [0.29, 0.717) is 17.3 Å².